The molecule has 1 aliphatic carbocycles. The number of alkyl carbamates (subject to hydrolysis) is 1. The Morgan fingerprint density at radius 2 is 1.71 bits per heavy atom. The van der Waals surface area contributed by atoms with Gasteiger partial charge < -0.3 is 30.3 Å². The van der Waals surface area contributed by atoms with Gasteiger partial charge in [0, 0.05) is 56.9 Å². The molecule has 0 unspecified atom stereocenters. The van der Waals surface area contributed by atoms with Crippen LogP contribution in [0.4, 0.5) is 10.5 Å². The van der Waals surface area contributed by atoms with Gasteiger partial charge in [-0.3, -0.25) is 14.5 Å². The first-order valence-corrected chi connectivity index (χ1v) is 14.9. The van der Waals surface area contributed by atoms with Gasteiger partial charge in [-0.1, -0.05) is 13.8 Å². The van der Waals surface area contributed by atoms with Crippen molar-refractivity contribution in [2.75, 3.05) is 58.3 Å². The first-order chi connectivity index (χ1) is 19.7. The van der Waals surface area contributed by atoms with E-state index in [2.05, 4.69) is 20.9 Å². The zero-order chi connectivity index (χ0) is 29.4. The van der Waals surface area contributed by atoms with Crippen LogP contribution < -0.4 is 16.0 Å². The third-order valence-electron chi connectivity index (χ3n) is 8.39. The van der Waals surface area contributed by atoms with Crippen molar-refractivity contribution in [2.24, 2.45) is 17.8 Å². The maximum atomic E-state index is 13.8. The Balaban J connectivity index is 1.36. The average molecular weight is 572 g/mol. The Morgan fingerprint density at radius 1 is 1.02 bits per heavy atom. The molecule has 3 fully saturated rings. The van der Waals surface area contributed by atoms with Crippen LogP contribution in [-0.2, 0) is 19.1 Å². The Hall–Kier alpha value is -3.18. The second-order valence-electron chi connectivity index (χ2n) is 11.8. The molecule has 3 aliphatic rings. The van der Waals surface area contributed by atoms with Crippen molar-refractivity contribution in [3.05, 3.63) is 29.8 Å². The van der Waals surface area contributed by atoms with Crippen molar-refractivity contribution in [1.82, 2.24) is 20.4 Å². The summed E-state index contributed by atoms with van der Waals surface area (Å²) < 4.78 is 9.95. The fourth-order valence-corrected chi connectivity index (χ4v) is 6.02. The first-order valence-electron chi connectivity index (χ1n) is 14.9. The van der Waals surface area contributed by atoms with Crippen molar-refractivity contribution in [2.45, 2.75) is 58.0 Å². The van der Waals surface area contributed by atoms with E-state index in [9.17, 15) is 19.2 Å². The third-order valence-corrected chi connectivity index (χ3v) is 8.39. The van der Waals surface area contributed by atoms with Crippen molar-refractivity contribution in [1.29, 1.82) is 0 Å². The molecule has 0 aromatic heterocycles. The van der Waals surface area contributed by atoms with E-state index in [-0.39, 0.29) is 35.8 Å². The topological polar surface area (TPSA) is 129 Å². The number of anilines is 1. The highest BCUT2D eigenvalue weighted by Gasteiger charge is 2.44. The van der Waals surface area contributed by atoms with Crippen LogP contribution in [0.15, 0.2) is 24.3 Å². The second-order valence-corrected chi connectivity index (χ2v) is 11.8. The summed E-state index contributed by atoms with van der Waals surface area (Å²) >= 11 is 0. The normalized spacial score (nSPS) is 25.0. The molecular formula is C30H45N5O6. The molecule has 41 heavy (non-hydrogen) atoms. The minimum Gasteiger partial charge on any atom is -0.465 e. The molecule has 2 atom stereocenters. The molecule has 11 nitrogen and oxygen atoms in total. The highest BCUT2D eigenvalue weighted by molar-refractivity contribution is 5.98. The van der Waals surface area contributed by atoms with E-state index >= 15 is 0 Å². The molecule has 0 radical (unpaired) electrons. The predicted molar refractivity (Wildman–Crippen MR) is 154 cm³/mol. The van der Waals surface area contributed by atoms with Gasteiger partial charge in [-0.2, -0.15) is 0 Å². The van der Waals surface area contributed by atoms with E-state index in [0.717, 1.165) is 51.9 Å². The molecule has 1 saturated carbocycles. The van der Waals surface area contributed by atoms with Gasteiger partial charge in [-0.25, -0.2) is 9.59 Å². The summed E-state index contributed by atoms with van der Waals surface area (Å²) in [6, 6.07) is 6.15. The number of piperazine rings is 1. The summed E-state index contributed by atoms with van der Waals surface area (Å²) in [5, 5.41) is 9.20. The quantitative estimate of drug-likeness (QED) is 0.386. The lowest BCUT2D eigenvalue weighted by molar-refractivity contribution is -0.141. The average Bonchev–Trinajstić information content (AvgIpc) is 3.45. The van der Waals surface area contributed by atoms with Crippen LogP contribution in [0.3, 0.4) is 0 Å². The summed E-state index contributed by atoms with van der Waals surface area (Å²) in [6.07, 6.45) is 3.38. The molecule has 1 aromatic carbocycles. The summed E-state index contributed by atoms with van der Waals surface area (Å²) in [7, 11) is 1.33. The molecule has 2 saturated heterocycles. The fraction of sp³-hybridized carbons (Fsp3) is 0.667. The van der Waals surface area contributed by atoms with E-state index < -0.39 is 12.0 Å². The van der Waals surface area contributed by atoms with Crippen LogP contribution in [0.5, 0.6) is 0 Å². The van der Waals surface area contributed by atoms with Gasteiger partial charge in [0.1, 0.15) is 6.04 Å². The van der Waals surface area contributed by atoms with Gasteiger partial charge in [-0.05, 0) is 68.2 Å². The van der Waals surface area contributed by atoms with Crippen molar-refractivity contribution in [3.63, 3.8) is 0 Å². The Kier molecular flexibility index (Phi) is 11.0. The maximum Gasteiger partial charge on any atom is 0.407 e. The van der Waals surface area contributed by atoms with Gasteiger partial charge in [0.2, 0.25) is 11.8 Å². The number of carbonyl (C=O) groups is 4. The number of rotatable bonds is 9. The molecule has 0 spiro atoms. The predicted octanol–water partition coefficient (Wildman–Crippen LogP) is 2.48. The molecule has 2 heterocycles. The van der Waals surface area contributed by atoms with Crippen molar-refractivity contribution >= 4 is 29.6 Å². The molecule has 0 bridgehead atoms. The number of hydrogen-bond donors (Lipinski definition) is 3. The lowest BCUT2D eigenvalue weighted by atomic mass is 9.81. The molecule has 2 aliphatic heterocycles. The summed E-state index contributed by atoms with van der Waals surface area (Å²) in [6.45, 7) is 9.07. The van der Waals surface area contributed by atoms with Gasteiger partial charge in [0.15, 0.2) is 0 Å². The number of amides is 3. The van der Waals surface area contributed by atoms with E-state index in [0.29, 0.717) is 43.3 Å². The number of ether oxygens (including phenoxy) is 2. The highest BCUT2D eigenvalue weighted by atomic mass is 16.5. The van der Waals surface area contributed by atoms with Gasteiger partial charge >= 0.3 is 12.1 Å². The number of nitrogens with one attached hydrogen (secondary N) is 3. The molecule has 1 aromatic rings. The minimum absolute atomic E-state index is 0.0478. The van der Waals surface area contributed by atoms with E-state index in [1.165, 1.54) is 7.11 Å². The summed E-state index contributed by atoms with van der Waals surface area (Å²) in [5.74, 6) is -0.130. The number of nitrogens with zero attached hydrogens (tertiary/aromatic N) is 2. The van der Waals surface area contributed by atoms with Crippen LogP contribution in [0.2, 0.25) is 0 Å². The van der Waals surface area contributed by atoms with Crippen LogP contribution in [0.25, 0.3) is 0 Å². The molecule has 3 amide bonds. The molecule has 4 rings (SSSR count). The second kappa shape index (κ2) is 14.6. The zero-order valence-electron chi connectivity index (χ0n) is 24.5. The minimum atomic E-state index is -0.558. The fourth-order valence-electron chi connectivity index (χ4n) is 6.02. The highest BCUT2D eigenvalue weighted by Crippen LogP contribution is 2.33. The largest absolute Gasteiger partial charge is 0.465 e. The SMILES string of the molecule is COC(=O)c1ccc(NC(=O)[C@@H]2C[C@H](N3CCNCC3)CN2C(=O)C2CCC(CNC(=O)OCC(C)C)CC2)cc1. The number of esters is 1. The standard InChI is InChI=1S/C30H45N5O6/c1-20(2)19-41-30(39)32-17-21-4-6-22(7-5-21)28(37)35-18-25(34-14-12-31-13-15-34)16-26(35)27(36)33-24-10-8-23(9-11-24)29(38)40-3/h8-11,20-22,25-26,31H,4-7,12-19H2,1-3H3,(H,32,39)(H,33,36)/t21?,22?,25-,26-/m0/s1. The van der Waals surface area contributed by atoms with Gasteiger partial charge in [-0.15, -0.1) is 0 Å². The van der Waals surface area contributed by atoms with E-state index in [4.69, 9.17) is 9.47 Å². The third kappa shape index (κ3) is 8.42. The van der Waals surface area contributed by atoms with Crippen molar-refractivity contribution in [3.8, 4) is 0 Å². The Bertz CT molecular complexity index is 1050. The number of carbonyl (C=O) groups excluding carboxylic acids is 4. The van der Waals surface area contributed by atoms with E-state index in [1.807, 2.05) is 13.8 Å². The summed E-state index contributed by atoms with van der Waals surface area (Å²) in [5.41, 5.74) is 0.973. The van der Waals surface area contributed by atoms with Gasteiger partial charge in [0.25, 0.3) is 0 Å². The lowest BCUT2D eigenvalue weighted by Crippen LogP contribution is -2.50. The molecular weight excluding hydrogens is 526 g/mol. The first kappa shape index (κ1) is 30.8. The maximum absolute atomic E-state index is 13.8. The van der Waals surface area contributed by atoms with Crippen LogP contribution in [0.1, 0.15) is 56.3 Å². The lowest BCUT2D eigenvalue weighted by Gasteiger charge is -2.34. The smallest absolute Gasteiger partial charge is 0.407 e. The van der Waals surface area contributed by atoms with Gasteiger partial charge in [0.05, 0.1) is 19.3 Å². The number of likely N-dealkylation sites (tertiary alicyclic amines) is 1. The summed E-state index contributed by atoms with van der Waals surface area (Å²) in [4.78, 5) is 55.3. The van der Waals surface area contributed by atoms with Crippen LogP contribution in [0, 0.1) is 17.8 Å². The molecule has 3 N–H and O–H groups in total. The zero-order valence-corrected chi connectivity index (χ0v) is 24.5. The number of methoxy groups -OCH3 is 1. The number of hydrogen-bond acceptors (Lipinski definition) is 8. The van der Waals surface area contributed by atoms with Crippen molar-refractivity contribution < 1.29 is 28.7 Å². The molecule has 226 valence electrons. The molecule has 11 heteroatoms. The van der Waals surface area contributed by atoms with Crippen LogP contribution in [-0.4, -0.2) is 98.7 Å². The number of benzene rings is 1. The Morgan fingerprint density at radius 3 is 2.34 bits per heavy atom. The van der Waals surface area contributed by atoms with Crippen LogP contribution >= 0.6 is 0 Å². The monoisotopic (exact) mass is 571 g/mol. The van der Waals surface area contributed by atoms with E-state index in [1.54, 1.807) is 29.2 Å². The Labute approximate surface area is 242 Å².